The molecular weight excluding hydrogens is 300 g/mol. The third-order valence-electron chi connectivity index (χ3n) is 5.51. The minimum Gasteiger partial charge on any atom is -0.0761 e. The fourth-order valence-corrected chi connectivity index (χ4v) is 4.32. The third kappa shape index (κ3) is 2.29. The Bertz CT molecular complexity index is 1020. The van der Waals surface area contributed by atoms with Crippen molar-refractivity contribution in [1.82, 2.24) is 0 Å². The zero-order valence-corrected chi connectivity index (χ0v) is 14.3. The molecule has 2 aliphatic carbocycles. The highest BCUT2D eigenvalue weighted by Crippen LogP contribution is 2.49. The van der Waals surface area contributed by atoms with E-state index in [1.807, 2.05) is 0 Å². The Labute approximate surface area is 149 Å². The number of rotatable bonds is 1. The van der Waals surface area contributed by atoms with Crippen LogP contribution < -0.4 is 0 Å². The van der Waals surface area contributed by atoms with Gasteiger partial charge in [0, 0.05) is 11.8 Å². The molecule has 3 aromatic carbocycles. The Morgan fingerprint density at radius 2 is 1.32 bits per heavy atom. The molecule has 2 unspecified atom stereocenters. The van der Waals surface area contributed by atoms with Crippen LogP contribution in [0.3, 0.4) is 0 Å². The maximum atomic E-state index is 2.38. The first-order valence-electron chi connectivity index (χ1n) is 8.96. The molecule has 5 rings (SSSR count). The van der Waals surface area contributed by atoms with Gasteiger partial charge in [0.1, 0.15) is 0 Å². The van der Waals surface area contributed by atoms with Gasteiger partial charge in [-0.05, 0) is 46.4 Å². The zero-order valence-electron chi connectivity index (χ0n) is 14.3. The summed E-state index contributed by atoms with van der Waals surface area (Å²) in [6.45, 7) is 2.15. The molecule has 0 bridgehead atoms. The van der Waals surface area contributed by atoms with Gasteiger partial charge in [-0.2, -0.15) is 0 Å². The summed E-state index contributed by atoms with van der Waals surface area (Å²) in [6, 6.07) is 24.7. The minimum atomic E-state index is 0.446. The molecule has 0 N–H and O–H groups in total. The predicted octanol–water partition coefficient (Wildman–Crippen LogP) is 6.64. The average molecular weight is 320 g/mol. The van der Waals surface area contributed by atoms with Gasteiger partial charge in [-0.25, -0.2) is 0 Å². The summed E-state index contributed by atoms with van der Waals surface area (Å²) in [5, 5.41) is 0. The van der Waals surface area contributed by atoms with Crippen molar-refractivity contribution in [1.29, 1.82) is 0 Å². The van der Waals surface area contributed by atoms with Crippen molar-refractivity contribution in [3.05, 3.63) is 108 Å². The maximum Gasteiger partial charge on any atom is 0.0131 e. The molecule has 0 fully saturated rings. The molecule has 0 aliphatic heterocycles. The van der Waals surface area contributed by atoms with E-state index in [-0.39, 0.29) is 0 Å². The van der Waals surface area contributed by atoms with Crippen LogP contribution in [0.5, 0.6) is 0 Å². The average Bonchev–Trinajstić information content (AvgIpc) is 2.68. The van der Waals surface area contributed by atoms with E-state index < -0.39 is 0 Å². The first-order valence-corrected chi connectivity index (χ1v) is 8.96. The molecule has 0 aromatic heterocycles. The Morgan fingerprint density at radius 3 is 2.12 bits per heavy atom. The van der Waals surface area contributed by atoms with E-state index in [4.69, 9.17) is 0 Å². The number of hydrogen-bond donors (Lipinski definition) is 0. The van der Waals surface area contributed by atoms with E-state index in [1.165, 1.54) is 38.9 Å². The number of benzene rings is 3. The third-order valence-corrected chi connectivity index (χ3v) is 5.51. The first-order chi connectivity index (χ1) is 12.3. The monoisotopic (exact) mass is 320 g/mol. The van der Waals surface area contributed by atoms with Crippen molar-refractivity contribution in [3.8, 4) is 22.3 Å². The SMILES string of the molecule is Cc1cccc(-c2ccc3c(c2)-c2ccccc2C2C=CC=CC32)c1. The van der Waals surface area contributed by atoms with Crippen LogP contribution in [0.2, 0.25) is 0 Å². The van der Waals surface area contributed by atoms with Crippen molar-refractivity contribution < 1.29 is 0 Å². The van der Waals surface area contributed by atoms with Gasteiger partial charge in [-0.15, -0.1) is 0 Å². The van der Waals surface area contributed by atoms with Gasteiger partial charge in [-0.3, -0.25) is 0 Å². The topological polar surface area (TPSA) is 0 Å². The molecular formula is C25H20. The molecule has 0 heterocycles. The van der Waals surface area contributed by atoms with Crippen LogP contribution in [0.4, 0.5) is 0 Å². The molecule has 0 amide bonds. The van der Waals surface area contributed by atoms with E-state index in [9.17, 15) is 0 Å². The lowest BCUT2D eigenvalue weighted by atomic mass is 9.69. The molecule has 120 valence electrons. The second kappa shape index (κ2) is 5.60. The van der Waals surface area contributed by atoms with E-state index in [0.29, 0.717) is 11.8 Å². The molecule has 3 aromatic rings. The lowest BCUT2D eigenvalue weighted by Crippen LogP contribution is -2.16. The molecule has 0 spiro atoms. The van der Waals surface area contributed by atoms with Crippen molar-refractivity contribution in [2.45, 2.75) is 18.8 Å². The van der Waals surface area contributed by atoms with Crippen molar-refractivity contribution in [2.75, 3.05) is 0 Å². The molecule has 0 saturated heterocycles. The Kier molecular flexibility index (Phi) is 3.24. The number of hydrogen-bond acceptors (Lipinski definition) is 0. The summed E-state index contributed by atoms with van der Waals surface area (Å²) in [5.41, 5.74) is 9.55. The largest absolute Gasteiger partial charge is 0.0761 e. The van der Waals surface area contributed by atoms with Crippen LogP contribution >= 0.6 is 0 Å². The molecule has 25 heavy (non-hydrogen) atoms. The minimum absolute atomic E-state index is 0.446. The van der Waals surface area contributed by atoms with Crippen LogP contribution in [0, 0.1) is 6.92 Å². The normalized spacial score (nSPS) is 19.9. The number of allylic oxidation sites excluding steroid dienone is 4. The Morgan fingerprint density at radius 1 is 0.600 bits per heavy atom. The predicted molar refractivity (Wildman–Crippen MR) is 106 cm³/mol. The van der Waals surface area contributed by atoms with Gasteiger partial charge in [0.25, 0.3) is 0 Å². The molecule has 2 aliphatic rings. The Hall–Kier alpha value is -2.86. The van der Waals surface area contributed by atoms with Gasteiger partial charge in [0.2, 0.25) is 0 Å². The van der Waals surface area contributed by atoms with Crippen LogP contribution in [-0.4, -0.2) is 0 Å². The second-order valence-corrected chi connectivity index (χ2v) is 7.08. The lowest BCUT2D eigenvalue weighted by Gasteiger charge is -2.34. The maximum absolute atomic E-state index is 2.38. The molecule has 0 nitrogen and oxygen atoms in total. The number of aryl methyl sites for hydroxylation is 1. The van der Waals surface area contributed by atoms with Gasteiger partial charge < -0.3 is 0 Å². The first kappa shape index (κ1) is 14.5. The highest BCUT2D eigenvalue weighted by atomic mass is 14.3. The number of fused-ring (bicyclic) bond motifs is 6. The fraction of sp³-hybridized carbons (Fsp3) is 0.120. The van der Waals surface area contributed by atoms with E-state index >= 15 is 0 Å². The van der Waals surface area contributed by atoms with Gasteiger partial charge in [0.15, 0.2) is 0 Å². The molecule has 0 radical (unpaired) electrons. The standard InChI is InChI=1S/C25H20/c1-17-7-6-8-18(15-17)19-13-14-24-22-11-3-2-9-20(22)21-10-4-5-12-23(21)25(24)16-19/h2-16,20,22H,1H3. The van der Waals surface area contributed by atoms with E-state index in [1.54, 1.807) is 0 Å². The summed E-state index contributed by atoms with van der Waals surface area (Å²) in [5.74, 6) is 0.903. The molecule has 0 heteroatoms. The van der Waals surface area contributed by atoms with E-state index in [0.717, 1.165) is 0 Å². The second-order valence-electron chi connectivity index (χ2n) is 7.08. The molecule has 2 atom stereocenters. The quantitative estimate of drug-likeness (QED) is 0.471. The van der Waals surface area contributed by atoms with Crippen LogP contribution in [0.1, 0.15) is 28.5 Å². The van der Waals surface area contributed by atoms with Gasteiger partial charge in [0.05, 0.1) is 0 Å². The molecule has 0 saturated carbocycles. The van der Waals surface area contributed by atoms with Crippen LogP contribution in [0.25, 0.3) is 22.3 Å². The summed E-state index contributed by atoms with van der Waals surface area (Å²) < 4.78 is 0. The van der Waals surface area contributed by atoms with Crippen LogP contribution in [0.15, 0.2) is 91.0 Å². The summed E-state index contributed by atoms with van der Waals surface area (Å²) in [7, 11) is 0. The summed E-state index contributed by atoms with van der Waals surface area (Å²) in [4.78, 5) is 0. The fourth-order valence-electron chi connectivity index (χ4n) is 4.32. The Balaban J connectivity index is 1.73. The lowest BCUT2D eigenvalue weighted by molar-refractivity contribution is 0.720. The summed E-state index contributed by atoms with van der Waals surface area (Å²) in [6.07, 6.45) is 9.07. The van der Waals surface area contributed by atoms with Crippen LogP contribution in [-0.2, 0) is 0 Å². The highest BCUT2D eigenvalue weighted by molar-refractivity contribution is 5.81. The zero-order chi connectivity index (χ0) is 16.8. The van der Waals surface area contributed by atoms with Crippen molar-refractivity contribution in [2.24, 2.45) is 0 Å². The smallest absolute Gasteiger partial charge is 0.0131 e. The van der Waals surface area contributed by atoms with Crippen molar-refractivity contribution >= 4 is 0 Å². The van der Waals surface area contributed by atoms with Crippen molar-refractivity contribution in [3.63, 3.8) is 0 Å². The van der Waals surface area contributed by atoms with Gasteiger partial charge >= 0.3 is 0 Å². The summed E-state index contributed by atoms with van der Waals surface area (Å²) >= 11 is 0. The highest BCUT2D eigenvalue weighted by Gasteiger charge is 2.31. The van der Waals surface area contributed by atoms with E-state index in [2.05, 4.69) is 98.0 Å². The van der Waals surface area contributed by atoms with Gasteiger partial charge in [-0.1, -0.05) is 90.5 Å².